The molecule has 0 bridgehead atoms. The van der Waals surface area contributed by atoms with E-state index in [4.69, 9.17) is 9.47 Å². The molecule has 2 aromatic carbocycles. The zero-order valence-electron chi connectivity index (χ0n) is 17.8. The number of morpholine rings is 2. The predicted octanol–water partition coefficient (Wildman–Crippen LogP) is 2.02. The number of sulfone groups is 1. The quantitative estimate of drug-likeness (QED) is 0.642. The lowest BCUT2D eigenvalue weighted by atomic mass is 10.2. The molecule has 10 heteroatoms. The second-order valence-electron chi connectivity index (χ2n) is 7.86. The third kappa shape index (κ3) is 5.72. The fourth-order valence-electron chi connectivity index (χ4n) is 3.85. The first kappa shape index (κ1) is 24.8. The normalized spacial score (nSPS) is 18.2. The van der Waals surface area contributed by atoms with Gasteiger partial charge < -0.3 is 19.7 Å². The Kier molecular flexibility index (Phi) is 8.37. The molecular weight excluding hydrogens is 456 g/mol. The van der Waals surface area contributed by atoms with Crippen molar-refractivity contribution in [2.75, 3.05) is 52.6 Å². The summed E-state index contributed by atoms with van der Waals surface area (Å²) in [6, 6.07) is 8.77. The second-order valence-corrected chi connectivity index (χ2v) is 9.81. The van der Waals surface area contributed by atoms with E-state index in [1.54, 1.807) is 0 Å². The Hall–Kier alpha value is -1.88. The van der Waals surface area contributed by atoms with E-state index in [0.717, 1.165) is 26.2 Å². The van der Waals surface area contributed by atoms with Crippen molar-refractivity contribution < 1.29 is 28.1 Å². The van der Waals surface area contributed by atoms with Gasteiger partial charge in [-0.25, -0.2) is 8.42 Å². The summed E-state index contributed by atoms with van der Waals surface area (Å²) in [5.74, 6) is 0.147. The van der Waals surface area contributed by atoms with Crippen LogP contribution in [0.3, 0.4) is 0 Å². The van der Waals surface area contributed by atoms with E-state index in [1.165, 1.54) is 36.4 Å². The SMILES string of the molecule is Cl.O=S(=O)(c1ccc(O)c(CN2CCOCC2)c1)c1ccc(O)c(CN2CCOCC2)c1. The molecule has 0 aromatic heterocycles. The Morgan fingerprint density at radius 2 is 1.09 bits per heavy atom. The van der Waals surface area contributed by atoms with Crippen LogP contribution in [0.25, 0.3) is 0 Å². The lowest BCUT2D eigenvalue weighted by Crippen LogP contribution is -2.35. The van der Waals surface area contributed by atoms with E-state index in [2.05, 4.69) is 9.80 Å². The smallest absolute Gasteiger partial charge is 0.206 e. The molecule has 0 spiro atoms. The molecular formula is C22H29ClN2O6S. The molecule has 0 amide bonds. The highest BCUT2D eigenvalue weighted by Crippen LogP contribution is 2.30. The maximum Gasteiger partial charge on any atom is 0.206 e. The van der Waals surface area contributed by atoms with E-state index in [0.29, 0.717) is 50.6 Å². The van der Waals surface area contributed by atoms with Crippen LogP contribution in [0, 0.1) is 0 Å². The number of aromatic hydroxyl groups is 2. The molecule has 2 fully saturated rings. The molecule has 2 N–H and O–H groups in total. The minimum atomic E-state index is -3.81. The number of hydrogen-bond donors (Lipinski definition) is 2. The lowest BCUT2D eigenvalue weighted by molar-refractivity contribution is 0.0338. The van der Waals surface area contributed by atoms with Crippen molar-refractivity contribution in [3.8, 4) is 11.5 Å². The number of benzene rings is 2. The first-order chi connectivity index (χ1) is 14.9. The summed E-state index contributed by atoms with van der Waals surface area (Å²) in [6.45, 7) is 6.34. The number of ether oxygens (including phenoxy) is 2. The van der Waals surface area contributed by atoms with E-state index < -0.39 is 9.84 Å². The first-order valence-electron chi connectivity index (χ1n) is 10.4. The van der Waals surface area contributed by atoms with Crippen molar-refractivity contribution in [1.29, 1.82) is 0 Å². The van der Waals surface area contributed by atoms with Gasteiger partial charge in [0.2, 0.25) is 9.84 Å². The Morgan fingerprint density at radius 3 is 1.47 bits per heavy atom. The second kappa shape index (κ2) is 10.8. The van der Waals surface area contributed by atoms with Crippen molar-refractivity contribution in [1.82, 2.24) is 9.80 Å². The molecule has 8 nitrogen and oxygen atoms in total. The van der Waals surface area contributed by atoms with Crippen LogP contribution in [0.5, 0.6) is 11.5 Å². The van der Waals surface area contributed by atoms with Crippen LogP contribution in [-0.4, -0.2) is 81.0 Å². The molecule has 176 valence electrons. The van der Waals surface area contributed by atoms with Gasteiger partial charge in [-0.2, -0.15) is 0 Å². The Labute approximate surface area is 194 Å². The number of phenolic OH excluding ortho intramolecular Hbond substituents is 2. The van der Waals surface area contributed by atoms with Crippen molar-refractivity contribution in [3.63, 3.8) is 0 Å². The van der Waals surface area contributed by atoms with E-state index in [1.807, 2.05) is 0 Å². The van der Waals surface area contributed by atoms with Gasteiger partial charge in [-0.3, -0.25) is 9.80 Å². The maximum atomic E-state index is 13.3. The molecule has 0 saturated carbocycles. The minimum Gasteiger partial charge on any atom is -0.508 e. The number of phenols is 2. The summed E-state index contributed by atoms with van der Waals surface area (Å²) in [5.41, 5.74) is 1.13. The lowest BCUT2D eigenvalue weighted by Gasteiger charge is -2.27. The average molecular weight is 485 g/mol. The van der Waals surface area contributed by atoms with Crippen molar-refractivity contribution in [2.45, 2.75) is 22.9 Å². The molecule has 0 aliphatic carbocycles. The topological polar surface area (TPSA) is 99.5 Å². The molecule has 2 aromatic rings. The van der Waals surface area contributed by atoms with Crippen molar-refractivity contribution in [2.24, 2.45) is 0 Å². The number of nitrogens with zero attached hydrogens (tertiary/aromatic N) is 2. The Morgan fingerprint density at radius 1 is 0.719 bits per heavy atom. The van der Waals surface area contributed by atoms with Crippen LogP contribution >= 0.6 is 12.4 Å². The summed E-state index contributed by atoms with van der Waals surface area (Å²) in [6.07, 6.45) is 0. The summed E-state index contributed by atoms with van der Waals surface area (Å²) in [7, 11) is -3.81. The van der Waals surface area contributed by atoms with Gasteiger partial charge in [0, 0.05) is 50.4 Å². The largest absolute Gasteiger partial charge is 0.508 e. The van der Waals surface area contributed by atoms with Crippen LogP contribution in [0.1, 0.15) is 11.1 Å². The molecule has 2 aliphatic rings. The monoisotopic (exact) mass is 484 g/mol. The fourth-order valence-corrected chi connectivity index (χ4v) is 5.21. The molecule has 0 atom stereocenters. The molecule has 2 heterocycles. The highest BCUT2D eigenvalue weighted by molar-refractivity contribution is 7.91. The van der Waals surface area contributed by atoms with Gasteiger partial charge in [-0.15, -0.1) is 12.4 Å². The highest BCUT2D eigenvalue weighted by atomic mass is 35.5. The number of rotatable bonds is 6. The van der Waals surface area contributed by atoms with Gasteiger partial charge in [0.1, 0.15) is 11.5 Å². The minimum absolute atomic E-state index is 0. The Bertz CT molecular complexity index is 946. The molecule has 2 saturated heterocycles. The molecule has 2 aliphatic heterocycles. The van der Waals surface area contributed by atoms with Crippen molar-refractivity contribution in [3.05, 3.63) is 47.5 Å². The third-order valence-electron chi connectivity index (χ3n) is 5.72. The standard InChI is InChI=1S/C22H28N2O6S.ClH/c25-21-3-1-19(13-17(21)15-23-5-9-29-10-6-23)31(27,28)20-2-4-22(26)18(14-20)16-24-7-11-30-12-8-24;/h1-4,13-14,25-26H,5-12,15-16H2;1H. The fraction of sp³-hybridized carbons (Fsp3) is 0.455. The van der Waals surface area contributed by atoms with Crippen LogP contribution < -0.4 is 0 Å². The zero-order valence-corrected chi connectivity index (χ0v) is 19.4. The summed E-state index contributed by atoms with van der Waals surface area (Å²) in [5, 5.41) is 20.5. The molecule has 4 rings (SSSR count). The zero-order chi connectivity index (χ0) is 21.8. The van der Waals surface area contributed by atoms with Crippen molar-refractivity contribution >= 4 is 22.2 Å². The van der Waals surface area contributed by atoms with Crippen LogP contribution in [0.4, 0.5) is 0 Å². The van der Waals surface area contributed by atoms with Gasteiger partial charge >= 0.3 is 0 Å². The number of halogens is 1. The highest BCUT2D eigenvalue weighted by Gasteiger charge is 2.22. The summed E-state index contributed by atoms with van der Waals surface area (Å²) in [4.78, 5) is 4.49. The summed E-state index contributed by atoms with van der Waals surface area (Å²) >= 11 is 0. The third-order valence-corrected chi connectivity index (χ3v) is 7.47. The first-order valence-corrected chi connectivity index (χ1v) is 11.9. The molecule has 32 heavy (non-hydrogen) atoms. The maximum absolute atomic E-state index is 13.3. The van der Waals surface area contributed by atoms with Gasteiger partial charge in [0.05, 0.1) is 36.2 Å². The van der Waals surface area contributed by atoms with Crippen LogP contribution in [0.15, 0.2) is 46.2 Å². The van der Waals surface area contributed by atoms with E-state index in [9.17, 15) is 18.6 Å². The molecule has 0 unspecified atom stereocenters. The van der Waals surface area contributed by atoms with Gasteiger partial charge in [-0.1, -0.05) is 0 Å². The van der Waals surface area contributed by atoms with Crippen LogP contribution in [0.2, 0.25) is 0 Å². The van der Waals surface area contributed by atoms with Crippen LogP contribution in [-0.2, 0) is 32.4 Å². The van der Waals surface area contributed by atoms with Gasteiger partial charge in [-0.05, 0) is 36.4 Å². The summed E-state index contributed by atoms with van der Waals surface area (Å²) < 4.78 is 37.3. The van der Waals surface area contributed by atoms with E-state index in [-0.39, 0.29) is 33.7 Å². The number of hydrogen-bond acceptors (Lipinski definition) is 8. The van der Waals surface area contributed by atoms with Gasteiger partial charge in [0.15, 0.2) is 0 Å². The predicted molar refractivity (Wildman–Crippen MR) is 121 cm³/mol. The molecule has 0 radical (unpaired) electrons. The van der Waals surface area contributed by atoms with Gasteiger partial charge in [0.25, 0.3) is 0 Å². The van der Waals surface area contributed by atoms with E-state index >= 15 is 0 Å². The Balaban J connectivity index is 0.00000289. The average Bonchev–Trinajstić information content (AvgIpc) is 2.78.